The Bertz CT molecular complexity index is 679. The lowest BCUT2D eigenvalue weighted by atomic mass is 9.89. The van der Waals surface area contributed by atoms with Crippen molar-refractivity contribution in [2.24, 2.45) is 5.92 Å². The molecule has 7 heteroatoms. The first-order valence-corrected chi connectivity index (χ1v) is 9.17. The summed E-state index contributed by atoms with van der Waals surface area (Å²) in [4.78, 5) is 23.2. The second kappa shape index (κ2) is 6.96. The zero-order valence-electron chi connectivity index (χ0n) is 13.3. The predicted molar refractivity (Wildman–Crippen MR) is 91.6 cm³/mol. The van der Waals surface area contributed by atoms with Gasteiger partial charge < -0.3 is 10.1 Å². The average Bonchev–Trinajstić information content (AvgIpc) is 3.27. The highest BCUT2D eigenvalue weighted by molar-refractivity contribution is 7.07. The molecule has 3 atom stereocenters. The molecule has 0 radical (unpaired) electrons. The van der Waals surface area contributed by atoms with E-state index in [0.717, 1.165) is 32.5 Å². The molecule has 24 heavy (non-hydrogen) atoms. The number of hydrogen-bond acceptors (Lipinski definition) is 6. The molecule has 2 aromatic rings. The first-order valence-electron chi connectivity index (χ1n) is 8.23. The zero-order valence-corrected chi connectivity index (χ0v) is 14.1. The fourth-order valence-corrected chi connectivity index (χ4v) is 4.29. The van der Waals surface area contributed by atoms with Gasteiger partial charge in [0, 0.05) is 38.1 Å². The molecule has 1 amide bonds. The first-order chi connectivity index (χ1) is 11.8. The number of piperidine rings is 1. The van der Waals surface area contributed by atoms with Crippen LogP contribution in [-0.4, -0.2) is 46.1 Å². The third kappa shape index (κ3) is 3.33. The van der Waals surface area contributed by atoms with Crippen molar-refractivity contribution in [3.8, 4) is 0 Å². The summed E-state index contributed by atoms with van der Waals surface area (Å²) in [6.45, 7) is 2.42. The van der Waals surface area contributed by atoms with Crippen LogP contribution in [-0.2, 0) is 16.1 Å². The van der Waals surface area contributed by atoms with Gasteiger partial charge >= 0.3 is 0 Å². The van der Waals surface area contributed by atoms with E-state index in [2.05, 4.69) is 37.0 Å². The highest BCUT2D eigenvalue weighted by atomic mass is 32.1. The number of carbonyl (C=O) groups is 1. The highest BCUT2D eigenvalue weighted by Gasteiger charge is 2.42. The van der Waals surface area contributed by atoms with Crippen molar-refractivity contribution >= 4 is 23.1 Å². The van der Waals surface area contributed by atoms with E-state index in [1.165, 1.54) is 5.56 Å². The maximum absolute atomic E-state index is 12.6. The van der Waals surface area contributed by atoms with Crippen molar-refractivity contribution in [1.29, 1.82) is 0 Å². The Kier molecular flexibility index (Phi) is 4.55. The Hall–Kier alpha value is -1.83. The van der Waals surface area contributed by atoms with Crippen LogP contribution in [0.2, 0.25) is 0 Å². The lowest BCUT2D eigenvalue weighted by Crippen LogP contribution is -2.51. The summed E-state index contributed by atoms with van der Waals surface area (Å²) in [5.74, 6) is 0.408. The quantitative estimate of drug-likeness (QED) is 0.920. The van der Waals surface area contributed by atoms with Gasteiger partial charge in [-0.2, -0.15) is 11.3 Å². The largest absolute Gasteiger partial charge is 0.377 e. The summed E-state index contributed by atoms with van der Waals surface area (Å²) >= 11 is 1.71. The number of likely N-dealkylation sites (tertiary alicyclic amines) is 1. The van der Waals surface area contributed by atoms with Gasteiger partial charge in [0.1, 0.15) is 0 Å². The second-order valence-corrected chi connectivity index (χ2v) is 7.12. The zero-order chi connectivity index (χ0) is 16.4. The van der Waals surface area contributed by atoms with Gasteiger partial charge in [0.2, 0.25) is 5.91 Å². The van der Waals surface area contributed by atoms with Gasteiger partial charge in [-0.15, -0.1) is 0 Å². The molecule has 1 N–H and O–H groups in total. The van der Waals surface area contributed by atoms with Gasteiger partial charge in [-0.1, -0.05) is 0 Å². The van der Waals surface area contributed by atoms with Crippen LogP contribution in [0.15, 0.2) is 35.4 Å². The predicted octanol–water partition coefficient (Wildman–Crippen LogP) is 2.16. The summed E-state index contributed by atoms with van der Waals surface area (Å²) in [5, 5.41) is 7.15. The van der Waals surface area contributed by atoms with E-state index >= 15 is 0 Å². The van der Waals surface area contributed by atoms with Crippen LogP contribution in [0.1, 0.15) is 18.4 Å². The molecule has 0 aliphatic carbocycles. The third-order valence-corrected chi connectivity index (χ3v) is 5.50. The number of ether oxygens (including phenoxy) is 1. The smallest absolute Gasteiger partial charge is 0.230 e. The molecule has 2 fully saturated rings. The van der Waals surface area contributed by atoms with Crippen molar-refractivity contribution in [3.63, 3.8) is 0 Å². The van der Waals surface area contributed by atoms with Crippen molar-refractivity contribution < 1.29 is 9.53 Å². The van der Waals surface area contributed by atoms with E-state index in [1.807, 2.05) is 0 Å². The molecular weight excluding hydrogens is 324 g/mol. The lowest BCUT2D eigenvalue weighted by Gasteiger charge is -2.40. The number of nitrogens with zero attached hydrogens (tertiary/aromatic N) is 3. The molecule has 2 aliphatic rings. The lowest BCUT2D eigenvalue weighted by molar-refractivity contribution is -0.124. The van der Waals surface area contributed by atoms with Crippen LogP contribution in [0.4, 0.5) is 5.82 Å². The minimum atomic E-state index is -0.0926. The highest BCUT2D eigenvalue weighted by Crippen LogP contribution is 2.33. The van der Waals surface area contributed by atoms with Crippen LogP contribution >= 0.6 is 11.3 Å². The number of thiophene rings is 1. The number of fused-ring (bicyclic) bond motifs is 1. The number of nitrogens with one attached hydrogen (secondary N) is 1. The number of aromatic nitrogens is 2. The minimum absolute atomic E-state index is 0.000214. The van der Waals surface area contributed by atoms with Crippen LogP contribution in [0.25, 0.3) is 0 Å². The molecule has 4 heterocycles. The number of anilines is 1. The van der Waals surface area contributed by atoms with Gasteiger partial charge in [0.25, 0.3) is 0 Å². The van der Waals surface area contributed by atoms with Gasteiger partial charge in [-0.05, 0) is 35.2 Å². The Balaban J connectivity index is 1.46. The van der Waals surface area contributed by atoms with E-state index in [-0.39, 0.29) is 17.9 Å². The minimum Gasteiger partial charge on any atom is -0.377 e. The Morgan fingerprint density at radius 1 is 1.46 bits per heavy atom. The molecule has 0 bridgehead atoms. The van der Waals surface area contributed by atoms with Gasteiger partial charge in [0.15, 0.2) is 5.82 Å². The molecule has 126 valence electrons. The molecule has 4 rings (SSSR count). The summed E-state index contributed by atoms with van der Waals surface area (Å²) in [7, 11) is 0. The molecule has 0 aromatic carbocycles. The Morgan fingerprint density at radius 3 is 3.21 bits per heavy atom. The maximum Gasteiger partial charge on any atom is 0.230 e. The molecule has 2 aliphatic heterocycles. The molecule has 0 spiro atoms. The number of hydrogen-bond donors (Lipinski definition) is 1. The monoisotopic (exact) mass is 344 g/mol. The van der Waals surface area contributed by atoms with E-state index in [1.54, 1.807) is 29.9 Å². The van der Waals surface area contributed by atoms with E-state index in [4.69, 9.17) is 4.74 Å². The Labute approximate surface area is 144 Å². The van der Waals surface area contributed by atoms with Crippen molar-refractivity contribution in [3.05, 3.63) is 41.0 Å². The van der Waals surface area contributed by atoms with Crippen LogP contribution in [0.5, 0.6) is 0 Å². The fraction of sp³-hybridized carbons (Fsp3) is 0.471. The normalized spacial score (nSPS) is 26.9. The summed E-state index contributed by atoms with van der Waals surface area (Å²) < 4.78 is 5.89. The van der Waals surface area contributed by atoms with Crippen LogP contribution < -0.4 is 5.32 Å². The SMILES string of the molecule is O=C(Nc1cnccn1)[C@@H]1C[C@H]2OCC[C@H]2N(Cc2ccsc2)C1. The first kappa shape index (κ1) is 15.7. The Morgan fingerprint density at radius 2 is 2.42 bits per heavy atom. The average molecular weight is 344 g/mol. The van der Waals surface area contributed by atoms with Crippen molar-refractivity contribution in [2.45, 2.75) is 31.5 Å². The van der Waals surface area contributed by atoms with Crippen LogP contribution in [0.3, 0.4) is 0 Å². The van der Waals surface area contributed by atoms with Crippen molar-refractivity contribution in [2.75, 3.05) is 18.5 Å². The topological polar surface area (TPSA) is 67.3 Å². The molecule has 2 saturated heterocycles. The van der Waals surface area contributed by atoms with E-state index in [9.17, 15) is 4.79 Å². The standard InChI is InChI=1S/C17H20N4O2S/c22-17(20-16-8-18-3-4-19-16)13-7-15-14(1-5-23-15)21(10-13)9-12-2-6-24-11-12/h2-4,6,8,11,13-15H,1,5,7,9-10H2,(H,19,20,22)/t13-,14-,15-/m1/s1. The van der Waals surface area contributed by atoms with Gasteiger partial charge in [-0.25, -0.2) is 4.98 Å². The molecule has 2 aromatic heterocycles. The summed E-state index contributed by atoms with van der Waals surface area (Å²) in [6, 6.07) is 2.57. The van der Waals surface area contributed by atoms with E-state index in [0.29, 0.717) is 11.9 Å². The fourth-order valence-electron chi connectivity index (χ4n) is 3.63. The molecular formula is C17H20N4O2S. The van der Waals surface area contributed by atoms with Crippen molar-refractivity contribution in [1.82, 2.24) is 14.9 Å². The van der Waals surface area contributed by atoms with Gasteiger partial charge in [0.05, 0.1) is 18.2 Å². The number of amides is 1. The summed E-state index contributed by atoms with van der Waals surface area (Å²) in [6.07, 6.45) is 6.71. The summed E-state index contributed by atoms with van der Waals surface area (Å²) in [5.41, 5.74) is 1.31. The number of carbonyl (C=O) groups excluding carboxylic acids is 1. The molecule has 0 saturated carbocycles. The third-order valence-electron chi connectivity index (χ3n) is 4.77. The number of rotatable bonds is 4. The molecule has 6 nitrogen and oxygen atoms in total. The molecule has 0 unspecified atom stereocenters. The van der Waals surface area contributed by atoms with Crippen LogP contribution in [0, 0.1) is 5.92 Å². The van der Waals surface area contributed by atoms with E-state index < -0.39 is 0 Å². The maximum atomic E-state index is 12.6. The second-order valence-electron chi connectivity index (χ2n) is 6.34. The van der Waals surface area contributed by atoms with Gasteiger partial charge in [-0.3, -0.25) is 14.7 Å².